The number of aliphatic carboxylic acids is 1. The van der Waals surface area contributed by atoms with Crippen LogP contribution in [0.2, 0.25) is 0 Å². The molecule has 0 atom stereocenters. The highest BCUT2D eigenvalue weighted by Crippen LogP contribution is 2.19. The van der Waals surface area contributed by atoms with Gasteiger partial charge in [0.15, 0.2) is 0 Å². The molecule has 0 aliphatic carbocycles. The molecule has 1 radical (unpaired) electrons. The standard InChI is InChI=1S/C14H11O2/c15-14(16)10-11-5-4-8-13(9-11)12-6-2-1-3-7-12/h1-2,4-9H,10H2,(H,15,16). The van der Waals surface area contributed by atoms with Crippen molar-refractivity contribution in [3.63, 3.8) is 0 Å². The fourth-order valence-corrected chi connectivity index (χ4v) is 1.61. The second kappa shape index (κ2) is 4.62. The number of carboxylic acid groups (broad SMARTS) is 1. The Morgan fingerprint density at radius 3 is 2.69 bits per heavy atom. The molecule has 0 heterocycles. The van der Waals surface area contributed by atoms with E-state index in [0.717, 1.165) is 16.7 Å². The van der Waals surface area contributed by atoms with E-state index in [-0.39, 0.29) is 6.42 Å². The first-order chi connectivity index (χ1) is 7.75. The molecule has 0 aromatic heterocycles. The summed E-state index contributed by atoms with van der Waals surface area (Å²) in [5, 5.41) is 8.72. The lowest BCUT2D eigenvalue weighted by atomic mass is 10.0. The quantitative estimate of drug-likeness (QED) is 0.847. The van der Waals surface area contributed by atoms with E-state index in [1.54, 1.807) is 0 Å². The zero-order chi connectivity index (χ0) is 11.4. The normalized spacial score (nSPS) is 10.0. The van der Waals surface area contributed by atoms with Gasteiger partial charge in [-0.25, -0.2) is 0 Å². The second-order valence-electron chi connectivity index (χ2n) is 3.56. The Morgan fingerprint density at radius 2 is 2.00 bits per heavy atom. The van der Waals surface area contributed by atoms with Crippen molar-refractivity contribution < 1.29 is 9.90 Å². The maximum Gasteiger partial charge on any atom is 0.307 e. The average molecular weight is 211 g/mol. The Morgan fingerprint density at radius 1 is 1.19 bits per heavy atom. The van der Waals surface area contributed by atoms with Crippen molar-refractivity contribution >= 4 is 5.97 Å². The lowest BCUT2D eigenvalue weighted by Gasteiger charge is -2.03. The molecule has 0 saturated heterocycles. The van der Waals surface area contributed by atoms with Gasteiger partial charge in [0.1, 0.15) is 0 Å². The lowest BCUT2D eigenvalue weighted by molar-refractivity contribution is -0.136. The minimum Gasteiger partial charge on any atom is -0.481 e. The van der Waals surface area contributed by atoms with Gasteiger partial charge in [0.25, 0.3) is 0 Å². The van der Waals surface area contributed by atoms with Crippen LogP contribution in [-0.4, -0.2) is 11.1 Å². The fraction of sp³-hybridized carbons (Fsp3) is 0.0714. The van der Waals surface area contributed by atoms with E-state index < -0.39 is 5.97 Å². The average Bonchev–Trinajstić information content (AvgIpc) is 2.30. The molecule has 16 heavy (non-hydrogen) atoms. The van der Waals surface area contributed by atoms with E-state index in [9.17, 15) is 4.79 Å². The third-order valence-electron chi connectivity index (χ3n) is 2.32. The molecular weight excluding hydrogens is 200 g/mol. The van der Waals surface area contributed by atoms with Crippen LogP contribution in [0.25, 0.3) is 11.1 Å². The molecule has 2 nitrogen and oxygen atoms in total. The van der Waals surface area contributed by atoms with Gasteiger partial charge in [-0.15, -0.1) is 0 Å². The third kappa shape index (κ3) is 2.48. The molecule has 0 fully saturated rings. The van der Waals surface area contributed by atoms with Crippen molar-refractivity contribution in [2.75, 3.05) is 0 Å². The van der Waals surface area contributed by atoms with Gasteiger partial charge in [-0.3, -0.25) is 4.79 Å². The Labute approximate surface area is 94.2 Å². The fourth-order valence-electron chi connectivity index (χ4n) is 1.61. The maximum atomic E-state index is 10.6. The monoisotopic (exact) mass is 211 g/mol. The predicted molar refractivity (Wildman–Crippen MR) is 62.1 cm³/mol. The van der Waals surface area contributed by atoms with Crippen LogP contribution in [-0.2, 0) is 11.2 Å². The van der Waals surface area contributed by atoms with Gasteiger partial charge in [-0.05, 0) is 28.8 Å². The number of hydrogen-bond donors (Lipinski definition) is 1. The smallest absolute Gasteiger partial charge is 0.307 e. The van der Waals surface area contributed by atoms with Gasteiger partial charge >= 0.3 is 5.97 Å². The third-order valence-corrected chi connectivity index (χ3v) is 2.32. The highest BCUT2D eigenvalue weighted by molar-refractivity contribution is 5.72. The summed E-state index contributed by atoms with van der Waals surface area (Å²) in [5.74, 6) is -0.809. The van der Waals surface area contributed by atoms with Crippen LogP contribution in [0.5, 0.6) is 0 Å². The van der Waals surface area contributed by atoms with Crippen molar-refractivity contribution in [2.45, 2.75) is 6.42 Å². The molecule has 0 aliphatic rings. The van der Waals surface area contributed by atoms with Crippen molar-refractivity contribution in [2.24, 2.45) is 0 Å². The molecule has 2 heteroatoms. The molecule has 0 unspecified atom stereocenters. The minimum atomic E-state index is -0.809. The Hall–Kier alpha value is -2.09. The SMILES string of the molecule is O=C(O)Cc1cccc(-c2c[c]ccc2)c1. The highest BCUT2D eigenvalue weighted by atomic mass is 16.4. The second-order valence-corrected chi connectivity index (χ2v) is 3.56. The molecule has 0 bridgehead atoms. The van der Waals surface area contributed by atoms with Crippen LogP contribution < -0.4 is 0 Å². The summed E-state index contributed by atoms with van der Waals surface area (Å²) in [6.45, 7) is 0. The number of rotatable bonds is 3. The number of hydrogen-bond acceptors (Lipinski definition) is 1. The Balaban J connectivity index is 2.33. The van der Waals surface area contributed by atoms with Gasteiger partial charge in [0.2, 0.25) is 0 Å². The van der Waals surface area contributed by atoms with Gasteiger partial charge in [-0.2, -0.15) is 0 Å². The van der Waals surface area contributed by atoms with Crippen LogP contribution in [0.4, 0.5) is 0 Å². The summed E-state index contributed by atoms with van der Waals surface area (Å²) in [6, 6.07) is 18.2. The molecule has 0 aliphatic heterocycles. The molecule has 0 spiro atoms. The first-order valence-corrected chi connectivity index (χ1v) is 5.03. The summed E-state index contributed by atoms with van der Waals surface area (Å²) in [7, 11) is 0. The summed E-state index contributed by atoms with van der Waals surface area (Å²) < 4.78 is 0. The zero-order valence-electron chi connectivity index (χ0n) is 8.68. The van der Waals surface area contributed by atoms with E-state index >= 15 is 0 Å². The first kappa shape index (κ1) is 10.4. The van der Waals surface area contributed by atoms with Crippen LogP contribution in [0, 0.1) is 6.07 Å². The van der Waals surface area contributed by atoms with Crippen molar-refractivity contribution in [1.82, 2.24) is 0 Å². The Bertz CT molecular complexity index is 489. The van der Waals surface area contributed by atoms with Gasteiger partial charge < -0.3 is 5.11 Å². The largest absolute Gasteiger partial charge is 0.481 e. The summed E-state index contributed by atoms with van der Waals surface area (Å²) >= 11 is 0. The van der Waals surface area contributed by atoms with Crippen molar-refractivity contribution in [1.29, 1.82) is 0 Å². The molecule has 79 valence electrons. The number of carboxylic acids is 1. The van der Waals surface area contributed by atoms with E-state index in [2.05, 4.69) is 6.07 Å². The van der Waals surface area contributed by atoms with Crippen molar-refractivity contribution in [3.05, 3.63) is 60.2 Å². The van der Waals surface area contributed by atoms with Gasteiger partial charge in [0.05, 0.1) is 6.42 Å². The van der Waals surface area contributed by atoms with Crippen molar-refractivity contribution in [3.8, 4) is 11.1 Å². The van der Waals surface area contributed by atoms with Crippen LogP contribution >= 0.6 is 0 Å². The zero-order valence-corrected chi connectivity index (χ0v) is 8.68. The number of carbonyl (C=O) groups is 1. The van der Waals surface area contributed by atoms with E-state index in [0.29, 0.717) is 0 Å². The molecule has 0 saturated carbocycles. The summed E-state index contributed by atoms with van der Waals surface area (Å²) in [4.78, 5) is 10.6. The minimum absolute atomic E-state index is 0.0599. The van der Waals surface area contributed by atoms with Crippen LogP contribution in [0.15, 0.2) is 48.5 Å². The van der Waals surface area contributed by atoms with E-state index in [4.69, 9.17) is 5.11 Å². The van der Waals surface area contributed by atoms with E-state index in [1.807, 2.05) is 48.5 Å². The number of benzene rings is 2. The molecule has 2 rings (SSSR count). The molecular formula is C14H11O2. The van der Waals surface area contributed by atoms with Gasteiger partial charge in [-0.1, -0.05) is 42.5 Å². The summed E-state index contributed by atoms with van der Waals surface area (Å²) in [5.41, 5.74) is 2.89. The molecule has 2 aromatic rings. The maximum absolute atomic E-state index is 10.6. The topological polar surface area (TPSA) is 37.3 Å². The first-order valence-electron chi connectivity index (χ1n) is 5.03. The lowest BCUT2D eigenvalue weighted by Crippen LogP contribution is -1.99. The van der Waals surface area contributed by atoms with Gasteiger partial charge in [0, 0.05) is 0 Å². The van der Waals surface area contributed by atoms with Crippen LogP contribution in [0.1, 0.15) is 5.56 Å². The van der Waals surface area contributed by atoms with Crippen LogP contribution in [0.3, 0.4) is 0 Å². The molecule has 1 N–H and O–H groups in total. The highest BCUT2D eigenvalue weighted by Gasteiger charge is 2.02. The Kier molecular flexibility index (Phi) is 3.01. The molecule has 0 amide bonds. The van der Waals surface area contributed by atoms with E-state index in [1.165, 1.54) is 0 Å². The summed E-state index contributed by atoms with van der Waals surface area (Å²) in [6.07, 6.45) is 0.0599. The predicted octanol–water partition coefficient (Wildman–Crippen LogP) is 2.78. The molecule has 2 aromatic carbocycles.